The molecular weight excluding hydrogens is 232 g/mol. The fourth-order valence-electron chi connectivity index (χ4n) is 1.89. The van der Waals surface area contributed by atoms with Crippen LogP contribution >= 0.6 is 11.3 Å². The molecule has 0 unspecified atom stereocenters. The molecule has 1 N–H and O–H groups in total. The predicted octanol–water partition coefficient (Wildman–Crippen LogP) is 3.39. The Kier molecular flexibility index (Phi) is 5.92. The molecule has 17 heavy (non-hydrogen) atoms. The van der Waals surface area contributed by atoms with Gasteiger partial charge in [0.25, 0.3) is 0 Å². The van der Waals surface area contributed by atoms with E-state index in [1.54, 1.807) is 11.3 Å². The van der Waals surface area contributed by atoms with Gasteiger partial charge in [-0.2, -0.15) is 0 Å². The maximum Gasteiger partial charge on any atom is 0.185 e. The van der Waals surface area contributed by atoms with Crippen molar-refractivity contribution in [1.82, 2.24) is 4.98 Å². The number of hydrogen-bond acceptors (Lipinski definition) is 4. The summed E-state index contributed by atoms with van der Waals surface area (Å²) in [5.41, 5.74) is 1.06. The van der Waals surface area contributed by atoms with E-state index in [0.717, 1.165) is 41.6 Å². The van der Waals surface area contributed by atoms with Crippen molar-refractivity contribution < 1.29 is 5.11 Å². The van der Waals surface area contributed by atoms with Gasteiger partial charge >= 0.3 is 0 Å². The van der Waals surface area contributed by atoms with Gasteiger partial charge in [-0.25, -0.2) is 4.98 Å². The minimum absolute atomic E-state index is 0.108. The van der Waals surface area contributed by atoms with E-state index in [4.69, 9.17) is 4.98 Å². The Morgan fingerprint density at radius 2 is 1.82 bits per heavy atom. The molecule has 4 heteroatoms. The molecule has 0 aliphatic heterocycles. The minimum atomic E-state index is 0.108. The van der Waals surface area contributed by atoms with Gasteiger partial charge in [0, 0.05) is 13.1 Å². The van der Waals surface area contributed by atoms with Gasteiger partial charge in [-0.15, -0.1) is 0 Å². The first kappa shape index (κ1) is 14.5. The molecule has 0 spiro atoms. The quantitative estimate of drug-likeness (QED) is 0.812. The molecule has 0 amide bonds. The molecule has 0 atom stereocenters. The van der Waals surface area contributed by atoms with Gasteiger partial charge in [0.05, 0.1) is 17.2 Å². The van der Waals surface area contributed by atoms with E-state index < -0.39 is 0 Å². The summed E-state index contributed by atoms with van der Waals surface area (Å²) in [6.45, 7) is 10.8. The second-order valence-electron chi connectivity index (χ2n) is 4.60. The third kappa shape index (κ3) is 3.68. The van der Waals surface area contributed by atoms with Crippen LogP contribution in [0.4, 0.5) is 5.13 Å². The number of rotatable bonds is 7. The Morgan fingerprint density at radius 1 is 1.24 bits per heavy atom. The topological polar surface area (TPSA) is 36.4 Å². The van der Waals surface area contributed by atoms with Crippen LogP contribution in [-0.2, 0) is 6.61 Å². The van der Waals surface area contributed by atoms with Crippen LogP contribution in [0.2, 0.25) is 0 Å². The zero-order valence-electron chi connectivity index (χ0n) is 11.4. The highest BCUT2D eigenvalue weighted by Gasteiger charge is 2.16. The second kappa shape index (κ2) is 6.97. The number of hydrogen-bond donors (Lipinski definition) is 1. The molecule has 0 aliphatic carbocycles. The summed E-state index contributed by atoms with van der Waals surface area (Å²) in [5.74, 6) is 0.382. The van der Waals surface area contributed by atoms with Crippen molar-refractivity contribution >= 4 is 16.5 Å². The van der Waals surface area contributed by atoms with Gasteiger partial charge in [0.1, 0.15) is 0 Å². The van der Waals surface area contributed by atoms with Crippen LogP contribution in [0.3, 0.4) is 0 Å². The van der Waals surface area contributed by atoms with Gasteiger partial charge in [-0.1, -0.05) is 39.0 Å². The van der Waals surface area contributed by atoms with E-state index in [1.165, 1.54) is 0 Å². The number of aliphatic hydroxyl groups excluding tert-OH is 1. The van der Waals surface area contributed by atoms with E-state index in [0.29, 0.717) is 5.92 Å². The van der Waals surface area contributed by atoms with E-state index in [1.807, 2.05) is 0 Å². The van der Waals surface area contributed by atoms with E-state index >= 15 is 0 Å². The summed E-state index contributed by atoms with van der Waals surface area (Å²) in [5, 5.41) is 10.4. The molecule has 1 heterocycles. The average molecular weight is 256 g/mol. The number of anilines is 1. The van der Waals surface area contributed by atoms with Crippen molar-refractivity contribution in [2.75, 3.05) is 18.0 Å². The van der Waals surface area contributed by atoms with Crippen LogP contribution in [0.1, 0.15) is 57.0 Å². The number of aromatic nitrogens is 1. The third-order valence-corrected chi connectivity index (χ3v) is 3.78. The van der Waals surface area contributed by atoms with Gasteiger partial charge in [-0.3, -0.25) is 0 Å². The maximum absolute atomic E-state index is 9.37. The molecule has 98 valence electrons. The summed E-state index contributed by atoms with van der Waals surface area (Å²) in [4.78, 5) is 8.05. The highest BCUT2D eigenvalue weighted by atomic mass is 32.1. The normalized spacial score (nSPS) is 11.2. The van der Waals surface area contributed by atoms with Crippen molar-refractivity contribution in [3.05, 3.63) is 10.6 Å². The van der Waals surface area contributed by atoms with E-state index in [-0.39, 0.29) is 6.61 Å². The summed E-state index contributed by atoms with van der Waals surface area (Å²) in [6.07, 6.45) is 2.26. The zero-order valence-corrected chi connectivity index (χ0v) is 12.2. The van der Waals surface area contributed by atoms with Crippen LogP contribution < -0.4 is 4.90 Å². The first-order valence-corrected chi connectivity index (χ1v) is 7.31. The highest BCUT2D eigenvalue weighted by Crippen LogP contribution is 2.30. The largest absolute Gasteiger partial charge is 0.391 e. The SMILES string of the molecule is CCCN(CCC)c1nc(C(C)C)c(CO)s1. The lowest BCUT2D eigenvalue weighted by Gasteiger charge is -2.20. The lowest BCUT2D eigenvalue weighted by atomic mass is 10.1. The Bertz CT molecular complexity index is 330. The van der Waals surface area contributed by atoms with Crippen LogP contribution in [0, 0.1) is 0 Å². The van der Waals surface area contributed by atoms with E-state index in [2.05, 4.69) is 32.6 Å². The van der Waals surface area contributed by atoms with Crippen LogP contribution in [-0.4, -0.2) is 23.2 Å². The smallest absolute Gasteiger partial charge is 0.185 e. The van der Waals surface area contributed by atoms with Gasteiger partial charge in [0.2, 0.25) is 0 Å². The fourth-order valence-corrected chi connectivity index (χ4v) is 3.02. The molecule has 3 nitrogen and oxygen atoms in total. The molecule has 0 aromatic carbocycles. The lowest BCUT2D eigenvalue weighted by molar-refractivity contribution is 0.283. The Morgan fingerprint density at radius 3 is 2.18 bits per heavy atom. The summed E-state index contributed by atoms with van der Waals surface area (Å²) >= 11 is 1.64. The molecule has 0 fully saturated rings. The summed E-state index contributed by atoms with van der Waals surface area (Å²) in [7, 11) is 0. The molecule has 0 saturated carbocycles. The van der Waals surface area contributed by atoms with Crippen LogP contribution in [0.15, 0.2) is 0 Å². The van der Waals surface area contributed by atoms with Gasteiger partial charge in [-0.05, 0) is 18.8 Å². The molecule has 1 rings (SSSR count). The molecular formula is C13H24N2OS. The number of aliphatic hydroxyl groups is 1. The predicted molar refractivity (Wildman–Crippen MR) is 74.9 cm³/mol. The monoisotopic (exact) mass is 256 g/mol. The van der Waals surface area contributed by atoms with Crippen molar-refractivity contribution in [3.8, 4) is 0 Å². The van der Waals surface area contributed by atoms with Crippen molar-refractivity contribution in [2.24, 2.45) is 0 Å². The maximum atomic E-state index is 9.37. The van der Waals surface area contributed by atoms with Crippen molar-refractivity contribution in [1.29, 1.82) is 0 Å². The van der Waals surface area contributed by atoms with Gasteiger partial charge in [0.15, 0.2) is 5.13 Å². The first-order valence-electron chi connectivity index (χ1n) is 6.49. The summed E-state index contributed by atoms with van der Waals surface area (Å²) in [6, 6.07) is 0. The lowest BCUT2D eigenvalue weighted by Crippen LogP contribution is -2.24. The van der Waals surface area contributed by atoms with Crippen molar-refractivity contribution in [3.63, 3.8) is 0 Å². The molecule has 0 saturated heterocycles. The van der Waals surface area contributed by atoms with Crippen molar-refractivity contribution in [2.45, 2.75) is 53.1 Å². The first-order chi connectivity index (χ1) is 8.13. The van der Waals surface area contributed by atoms with Crippen LogP contribution in [0.25, 0.3) is 0 Å². The average Bonchev–Trinajstić information content (AvgIpc) is 2.72. The standard InChI is InChI=1S/C13H24N2OS/c1-5-7-15(8-6-2)13-14-12(10(3)4)11(9-16)17-13/h10,16H,5-9H2,1-4H3. The Hall–Kier alpha value is -0.610. The highest BCUT2D eigenvalue weighted by molar-refractivity contribution is 7.15. The Balaban J connectivity index is 2.95. The van der Waals surface area contributed by atoms with Crippen LogP contribution in [0.5, 0.6) is 0 Å². The Labute approximate surface area is 108 Å². The van der Waals surface area contributed by atoms with Gasteiger partial charge < -0.3 is 10.0 Å². The number of thiazole rings is 1. The molecule has 1 aromatic rings. The summed E-state index contributed by atoms with van der Waals surface area (Å²) < 4.78 is 0. The second-order valence-corrected chi connectivity index (χ2v) is 5.67. The third-order valence-electron chi connectivity index (χ3n) is 2.66. The molecule has 0 radical (unpaired) electrons. The fraction of sp³-hybridized carbons (Fsp3) is 0.769. The molecule has 1 aromatic heterocycles. The molecule has 0 aliphatic rings. The number of nitrogens with zero attached hydrogens (tertiary/aromatic N) is 2. The van der Waals surface area contributed by atoms with E-state index in [9.17, 15) is 5.11 Å². The molecule has 0 bridgehead atoms. The zero-order chi connectivity index (χ0) is 12.8. The minimum Gasteiger partial charge on any atom is -0.391 e.